The van der Waals surface area contributed by atoms with Crippen molar-refractivity contribution in [1.82, 2.24) is 20.0 Å². The van der Waals surface area contributed by atoms with Crippen LogP contribution in [0.1, 0.15) is 37.1 Å². The second-order valence-electron chi connectivity index (χ2n) is 9.36. The van der Waals surface area contributed by atoms with E-state index in [1.165, 1.54) is 35.4 Å². The van der Waals surface area contributed by atoms with Gasteiger partial charge in [0.15, 0.2) is 0 Å². The Morgan fingerprint density at radius 2 is 1.86 bits per heavy atom. The molecular weight excluding hydrogens is 482 g/mol. The summed E-state index contributed by atoms with van der Waals surface area (Å²) >= 11 is 0. The number of anilines is 1. The molecule has 3 aromatic rings. The lowest BCUT2D eigenvalue weighted by Gasteiger charge is -2.55. The van der Waals surface area contributed by atoms with Gasteiger partial charge in [-0.3, -0.25) is 0 Å². The van der Waals surface area contributed by atoms with Crippen molar-refractivity contribution in [2.45, 2.75) is 44.4 Å². The molecule has 0 atom stereocenters. The summed E-state index contributed by atoms with van der Waals surface area (Å²) in [6, 6.07) is 7.25. The molecule has 2 aliphatic rings. The Balaban J connectivity index is 1.19. The van der Waals surface area contributed by atoms with Crippen molar-refractivity contribution in [2.24, 2.45) is 5.41 Å². The molecule has 3 heterocycles. The minimum absolute atomic E-state index is 0.0788. The predicted molar refractivity (Wildman–Crippen MR) is 117 cm³/mol. The Kier molecular flexibility index (Phi) is 6.05. The predicted octanol–water partition coefficient (Wildman–Crippen LogP) is 3.88. The lowest BCUT2D eigenvalue weighted by atomic mass is 9.60. The zero-order valence-electron chi connectivity index (χ0n) is 19.0. The Labute approximate surface area is 203 Å². The van der Waals surface area contributed by atoms with Crippen LogP contribution in [0.4, 0.5) is 28.2 Å². The molecule has 1 saturated carbocycles. The number of piperidine rings is 1. The molecule has 190 valence electrons. The van der Waals surface area contributed by atoms with Gasteiger partial charge in [0.05, 0.1) is 12.1 Å². The average Bonchev–Trinajstić information content (AvgIpc) is 3.30. The number of aromatic nitrogens is 3. The summed E-state index contributed by atoms with van der Waals surface area (Å²) in [4.78, 5) is 23.2. The molecule has 5 rings (SSSR count). The number of halogens is 4. The Hall–Kier alpha value is -3.70. The molecule has 2 fully saturated rings. The van der Waals surface area contributed by atoms with Gasteiger partial charge in [0.2, 0.25) is 11.7 Å². The van der Waals surface area contributed by atoms with Crippen molar-refractivity contribution in [2.75, 3.05) is 18.0 Å². The third kappa shape index (κ3) is 4.84. The number of alkyl halides is 3. The van der Waals surface area contributed by atoms with Gasteiger partial charge in [-0.15, -0.1) is 0 Å². The summed E-state index contributed by atoms with van der Waals surface area (Å²) in [5.41, 5.74) is -0.273. The van der Waals surface area contributed by atoms with Gasteiger partial charge in [-0.25, -0.2) is 9.37 Å². The zero-order valence-corrected chi connectivity index (χ0v) is 19.0. The second-order valence-corrected chi connectivity index (χ2v) is 9.36. The van der Waals surface area contributed by atoms with Gasteiger partial charge in [0.1, 0.15) is 17.7 Å². The number of carbonyl (C=O) groups excluding carboxylic acids is 1. The van der Waals surface area contributed by atoms with Gasteiger partial charge < -0.3 is 24.2 Å². The topological polar surface area (TPSA) is 98.4 Å². The summed E-state index contributed by atoms with van der Waals surface area (Å²) in [6.07, 6.45) is -1.94. The minimum atomic E-state index is -4.43. The van der Waals surface area contributed by atoms with E-state index in [-0.39, 0.29) is 29.7 Å². The van der Waals surface area contributed by atoms with Crippen molar-refractivity contribution >= 4 is 11.9 Å². The molecule has 0 radical (unpaired) electrons. The van der Waals surface area contributed by atoms with E-state index >= 15 is 0 Å². The quantitative estimate of drug-likeness (QED) is 0.487. The van der Waals surface area contributed by atoms with Crippen LogP contribution < -0.4 is 10.0 Å². The van der Waals surface area contributed by atoms with Gasteiger partial charge in [-0.1, -0.05) is 5.16 Å². The van der Waals surface area contributed by atoms with Crippen LogP contribution in [0.2, 0.25) is 0 Å². The highest BCUT2D eigenvalue weighted by atomic mass is 19.4. The number of amides is 1. The van der Waals surface area contributed by atoms with E-state index in [2.05, 4.69) is 15.1 Å². The molecule has 1 aromatic carbocycles. The third-order valence-electron chi connectivity index (χ3n) is 7.11. The van der Waals surface area contributed by atoms with Crippen LogP contribution in [0.5, 0.6) is 0 Å². The van der Waals surface area contributed by atoms with Crippen LogP contribution in [0.3, 0.4) is 0 Å². The monoisotopic (exact) mass is 504 g/mol. The first-order chi connectivity index (χ1) is 17.1. The summed E-state index contributed by atoms with van der Waals surface area (Å²) in [5, 5.41) is 15.7. The van der Waals surface area contributed by atoms with Crippen LogP contribution >= 0.6 is 0 Å². The standard InChI is InChI=1S/C24H23F4N5O3/c25-17-3-1-15(2-4-17)21-30-20(36-31-21)14-33(22(34)35)18-12-23(13-18)6-9-32(10-7-23)19-11-16(5-8-29-19)24(26,27)28/h1-5,8,11,18H,6-7,9-10,12-14H2,(H,34,35)/p-1. The molecule has 36 heavy (non-hydrogen) atoms. The highest BCUT2D eigenvalue weighted by Gasteiger charge is 2.48. The first-order valence-corrected chi connectivity index (χ1v) is 11.5. The Bertz CT molecular complexity index is 1230. The maximum Gasteiger partial charge on any atom is 0.416 e. The molecule has 1 amide bonds. The fourth-order valence-electron chi connectivity index (χ4n) is 5.07. The van der Waals surface area contributed by atoms with E-state index in [0.29, 0.717) is 37.3 Å². The highest BCUT2D eigenvalue weighted by Crippen LogP contribution is 2.51. The summed E-state index contributed by atoms with van der Waals surface area (Å²) in [7, 11) is 0. The van der Waals surface area contributed by atoms with Crippen molar-refractivity contribution in [3.63, 3.8) is 0 Å². The smallest absolute Gasteiger partial charge is 0.416 e. The summed E-state index contributed by atoms with van der Waals surface area (Å²) in [5.74, 6) is 0.218. The maximum absolute atomic E-state index is 13.1. The molecule has 0 N–H and O–H groups in total. The SMILES string of the molecule is O=C([O-])N(Cc1nc(-c2ccc(F)cc2)no1)C1CC2(CCN(c3cc(C(F)(F)F)ccn3)CC2)C1. The maximum atomic E-state index is 13.1. The highest BCUT2D eigenvalue weighted by molar-refractivity contribution is 5.63. The lowest BCUT2D eigenvalue weighted by Crippen LogP contribution is -2.58. The molecule has 1 saturated heterocycles. The number of carbonyl (C=O) groups is 1. The first-order valence-electron chi connectivity index (χ1n) is 11.5. The van der Waals surface area contributed by atoms with Gasteiger partial charge in [-0.2, -0.15) is 18.2 Å². The summed E-state index contributed by atoms with van der Waals surface area (Å²) < 4.78 is 57.4. The fourth-order valence-corrected chi connectivity index (χ4v) is 5.07. The Morgan fingerprint density at radius 3 is 2.50 bits per heavy atom. The molecule has 12 heteroatoms. The van der Waals surface area contributed by atoms with Crippen LogP contribution in [-0.4, -0.2) is 45.2 Å². The van der Waals surface area contributed by atoms with Gasteiger partial charge in [0.25, 0.3) is 0 Å². The molecule has 8 nitrogen and oxygen atoms in total. The normalized spacial score (nSPS) is 17.7. The van der Waals surface area contributed by atoms with E-state index in [1.807, 2.05) is 4.90 Å². The molecule has 1 aliphatic carbocycles. The summed E-state index contributed by atoms with van der Waals surface area (Å²) in [6.45, 7) is 0.950. The van der Waals surface area contributed by atoms with Crippen LogP contribution in [0.15, 0.2) is 47.1 Å². The average molecular weight is 504 g/mol. The molecule has 2 aromatic heterocycles. The van der Waals surface area contributed by atoms with E-state index < -0.39 is 23.7 Å². The number of hydrogen-bond donors (Lipinski definition) is 0. The fraction of sp³-hybridized carbons (Fsp3) is 0.417. The van der Waals surface area contributed by atoms with E-state index in [0.717, 1.165) is 25.0 Å². The number of carboxylic acid groups (broad SMARTS) is 1. The zero-order chi connectivity index (χ0) is 25.5. The first kappa shape index (κ1) is 24.0. The Morgan fingerprint density at radius 1 is 1.17 bits per heavy atom. The minimum Gasteiger partial charge on any atom is -0.530 e. The van der Waals surface area contributed by atoms with Crippen LogP contribution in [0.25, 0.3) is 11.4 Å². The van der Waals surface area contributed by atoms with E-state index in [9.17, 15) is 27.5 Å². The van der Waals surface area contributed by atoms with Crippen LogP contribution in [-0.2, 0) is 12.7 Å². The van der Waals surface area contributed by atoms with Gasteiger partial charge in [0, 0.05) is 30.9 Å². The van der Waals surface area contributed by atoms with Gasteiger partial charge in [-0.05, 0) is 67.5 Å². The molecular formula is C24H22F4N5O3-. The van der Waals surface area contributed by atoms with Crippen LogP contribution in [0, 0.1) is 11.2 Å². The number of hydrogen-bond acceptors (Lipinski definition) is 7. The van der Waals surface area contributed by atoms with Crippen molar-refractivity contribution in [1.29, 1.82) is 0 Å². The molecule has 1 spiro atoms. The largest absolute Gasteiger partial charge is 0.530 e. The number of nitrogens with zero attached hydrogens (tertiary/aromatic N) is 5. The second kappa shape index (κ2) is 9.07. The molecule has 1 aliphatic heterocycles. The number of pyridine rings is 1. The van der Waals surface area contributed by atoms with E-state index in [1.54, 1.807) is 0 Å². The number of rotatable bonds is 5. The van der Waals surface area contributed by atoms with Gasteiger partial charge >= 0.3 is 6.18 Å². The molecule has 0 unspecified atom stereocenters. The van der Waals surface area contributed by atoms with E-state index in [4.69, 9.17) is 4.52 Å². The van der Waals surface area contributed by atoms with Crippen molar-refractivity contribution in [3.8, 4) is 11.4 Å². The third-order valence-corrected chi connectivity index (χ3v) is 7.11. The molecule has 0 bridgehead atoms. The lowest BCUT2D eigenvalue weighted by molar-refractivity contribution is -0.273. The van der Waals surface area contributed by atoms with Crippen molar-refractivity contribution < 1.29 is 32.0 Å². The number of benzene rings is 1. The van der Waals surface area contributed by atoms with Crippen molar-refractivity contribution in [3.05, 3.63) is 59.9 Å².